The van der Waals surface area contributed by atoms with E-state index in [2.05, 4.69) is 10.5 Å². The third-order valence-electron chi connectivity index (χ3n) is 3.06. The van der Waals surface area contributed by atoms with Gasteiger partial charge >= 0.3 is 5.97 Å². The number of carboxylic acids is 1. The minimum Gasteiger partial charge on any atom is -0.496 e. The number of rotatable bonds is 6. The summed E-state index contributed by atoms with van der Waals surface area (Å²) >= 11 is 0. The number of methoxy groups -OCH3 is 1. The Bertz CT molecular complexity index is 786. The number of para-hydroxylation sites is 1. The number of quaternary nitrogens is 1. The number of carbonyl (C=O) groups excluding carboxylic acids is 1. The Hall–Kier alpha value is -3.45. The molecule has 0 atom stereocenters. The third kappa shape index (κ3) is 5.60. The van der Waals surface area contributed by atoms with Crippen LogP contribution in [0.25, 0.3) is 0 Å². The molecule has 0 spiro atoms. The molecule has 0 aliphatic carbocycles. The summed E-state index contributed by atoms with van der Waals surface area (Å²) < 4.78 is 5.35. The second-order valence-electron chi connectivity index (χ2n) is 4.67. The third-order valence-corrected chi connectivity index (χ3v) is 3.06. The summed E-state index contributed by atoms with van der Waals surface area (Å²) in [7, 11) is 1.55. The number of aliphatic carboxylic acids is 1. The molecule has 0 radical (unpaired) electrons. The number of amides is 1. The first kappa shape index (κ1) is 19.6. The van der Waals surface area contributed by atoms with Gasteiger partial charge in [-0.25, -0.2) is 10.2 Å². The predicted octanol–water partition coefficient (Wildman–Crippen LogP) is 2.58. The molecule has 0 saturated heterocycles. The fourth-order valence-electron chi connectivity index (χ4n) is 2.01. The Morgan fingerprint density at radius 1 is 1.04 bits per heavy atom. The standard InChI is InChI=1S/C18H16N2O4.H3N/c1-24-15-10-6-5-9-14(15)18(13-7-3-2-4-8-13)20-19-16(21)11-12-17(22)23;/h2-12H,1H3,(H,19,21)(H,22,23);1H3/p+1/b12-11-,20-18-;. The van der Waals surface area contributed by atoms with Gasteiger partial charge in [-0.3, -0.25) is 4.79 Å². The van der Waals surface area contributed by atoms with Crippen molar-refractivity contribution in [1.82, 2.24) is 11.6 Å². The van der Waals surface area contributed by atoms with Gasteiger partial charge in [0.05, 0.1) is 7.11 Å². The second-order valence-corrected chi connectivity index (χ2v) is 4.67. The van der Waals surface area contributed by atoms with E-state index in [0.29, 0.717) is 17.0 Å². The SMILES string of the molecule is COc1ccccc1/C(=N\NC(=O)/C=C\C(=O)O)c1ccccc1.[NH4+]. The Balaban J connectivity index is 0.00000312. The lowest BCUT2D eigenvalue weighted by atomic mass is 10.0. The van der Waals surface area contributed by atoms with Gasteiger partial charge in [0, 0.05) is 23.3 Å². The maximum absolute atomic E-state index is 11.7. The number of hydrazone groups is 1. The molecule has 130 valence electrons. The number of benzene rings is 2. The Morgan fingerprint density at radius 3 is 2.32 bits per heavy atom. The number of hydrogen-bond acceptors (Lipinski definition) is 4. The van der Waals surface area contributed by atoms with Gasteiger partial charge in [-0.05, 0) is 12.1 Å². The van der Waals surface area contributed by atoms with Crippen molar-refractivity contribution in [1.29, 1.82) is 0 Å². The molecular weight excluding hydrogens is 322 g/mol. The molecule has 0 aliphatic rings. The summed E-state index contributed by atoms with van der Waals surface area (Å²) in [5, 5.41) is 12.7. The summed E-state index contributed by atoms with van der Waals surface area (Å²) in [6.45, 7) is 0. The number of ether oxygens (including phenoxy) is 1. The highest BCUT2D eigenvalue weighted by atomic mass is 16.5. The van der Waals surface area contributed by atoms with E-state index in [1.807, 2.05) is 48.5 Å². The molecule has 2 aromatic rings. The van der Waals surface area contributed by atoms with Crippen LogP contribution in [0.3, 0.4) is 0 Å². The average Bonchev–Trinajstić information content (AvgIpc) is 2.61. The Morgan fingerprint density at radius 2 is 1.68 bits per heavy atom. The summed E-state index contributed by atoms with van der Waals surface area (Å²) in [6, 6.07) is 16.6. The first-order chi connectivity index (χ1) is 11.6. The lowest BCUT2D eigenvalue weighted by molar-refractivity contribution is -0.131. The molecule has 0 bridgehead atoms. The van der Waals surface area contributed by atoms with E-state index in [1.54, 1.807) is 13.2 Å². The lowest BCUT2D eigenvalue weighted by Crippen LogP contribution is -2.19. The quantitative estimate of drug-likeness (QED) is 0.424. The Labute approximate surface area is 145 Å². The first-order valence-corrected chi connectivity index (χ1v) is 7.09. The molecule has 7 heteroatoms. The Kier molecular flexibility index (Phi) is 7.55. The number of hydrogen-bond donors (Lipinski definition) is 3. The molecule has 7 nitrogen and oxygen atoms in total. The van der Waals surface area contributed by atoms with Crippen molar-refractivity contribution in [2.75, 3.05) is 7.11 Å². The highest BCUT2D eigenvalue weighted by Gasteiger charge is 2.12. The van der Waals surface area contributed by atoms with Gasteiger partial charge in [-0.2, -0.15) is 5.10 Å². The van der Waals surface area contributed by atoms with Crippen LogP contribution in [0.5, 0.6) is 5.75 Å². The number of carbonyl (C=O) groups is 2. The summed E-state index contributed by atoms with van der Waals surface area (Å²) in [6.07, 6.45) is 1.65. The van der Waals surface area contributed by atoms with E-state index in [1.165, 1.54) is 0 Å². The zero-order chi connectivity index (χ0) is 17.4. The van der Waals surface area contributed by atoms with Crippen LogP contribution < -0.4 is 16.3 Å². The van der Waals surface area contributed by atoms with Crippen LogP contribution in [0.4, 0.5) is 0 Å². The molecule has 0 aromatic heterocycles. The van der Waals surface area contributed by atoms with Crippen molar-refractivity contribution < 1.29 is 19.4 Å². The summed E-state index contributed by atoms with van der Waals surface area (Å²) in [5.74, 6) is -1.24. The van der Waals surface area contributed by atoms with Crippen LogP contribution in [0, 0.1) is 0 Å². The minimum atomic E-state index is -1.21. The molecular formula is C18H20N3O4+. The fourth-order valence-corrected chi connectivity index (χ4v) is 2.01. The maximum Gasteiger partial charge on any atom is 0.328 e. The molecule has 0 saturated carbocycles. The van der Waals surface area contributed by atoms with Crippen LogP contribution in [0.2, 0.25) is 0 Å². The topological polar surface area (TPSA) is 124 Å². The van der Waals surface area contributed by atoms with Gasteiger partial charge in [0.25, 0.3) is 5.91 Å². The average molecular weight is 342 g/mol. The molecule has 2 aromatic carbocycles. The van der Waals surface area contributed by atoms with E-state index >= 15 is 0 Å². The molecule has 6 N–H and O–H groups in total. The number of carboxylic acid groups (broad SMARTS) is 1. The van der Waals surface area contributed by atoms with Crippen molar-refractivity contribution in [2.24, 2.45) is 5.10 Å². The first-order valence-electron chi connectivity index (χ1n) is 7.09. The van der Waals surface area contributed by atoms with E-state index < -0.39 is 11.9 Å². The number of nitrogens with one attached hydrogen (secondary N) is 1. The minimum absolute atomic E-state index is 0. The van der Waals surface area contributed by atoms with E-state index in [-0.39, 0.29) is 6.15 Å². The normalized spacial score (nSPS) is 10.8. The molecule has 0 unspecified atom stereocenters. The molecule has 1 amide bonds. The van der Waals surface area contributed by atoms with Crippen LogP contribution >= 0.6 is 0 Å². The van der Waals surface area contributed by atoms with E-state index in [9.17, 15) is 9.59 Å². The molecule has 0 fully saturated rings. The van der Waals surface area contributed by atoms with Crippen molar-refractivity contribution in [2.45, 2.75) is 0 Å². The summed E-state index contributed by atoms with van der Waals surface area (Å²) in [4.78, 5) is 22.1. The zero-order valence-corrected chi connectivity index (χ0v) is 14.0. The van der Waals surface area contributed by atoms with Crippen molar-refractivity contribution >= 4 is 17.6 Å². The van der Waals surface area contributed by atoms with Gasteiger partial charge in [-0.1, -0.05) is 42.5 Å². The maximum atomic E-state index is 11.7. The molecule has 0 heterocycles. The largest absolute Gasteiger partial charge is 0.496 e. The van der Waals surface area contributed by atoms with E-state index in [0.717, 1.165) is 17.7 Å². The smallest absolute Gasteiger partial charge is 0.328 e. The highest BCUT2D eigenvalue weighted by molar-refractivity contribution is 6.14. The van der Waals surface area contributed by atoms with Crippen LogP contribution in [0.1, 0.15) is 11.1 Å². The van der Waals surface area contributed by atoms with E-state index in [4.69, 9.17) is 9.84 Å². The van der Waals surface area contributed by atoms with Crippen molar-refractivity contribution in [3.05, 3.63) is 77.9 Å². The van der Waals surface area contributed by atoms with Gasteiger partial charge in [0.1, 0.15) is 11.5 Å². The lowest BCUT2D eigenvalue weighted by Gasteiger charge is -2.11. The van der Waals surface area contributed by atoms with Gasteiger partial charge in [-0.15, -0.1) is 0 Å². The summed E-state index contributed by atoms with van der Waals surface area (Å²) in [5.41, 5.74) is 4.32. The molecule has 25 heavy (non-hydrogen) atoms. The van der Waals surface area contributed by atoms with Gasteiger partial charge in [0.15, 0.2) is 0 Å². The monoisotopic (exact) mass is 342 g/mol. The predicted molar refractivity (Wildman–Crippen MR) is 96.0 cm³/mol. The molecule has 0 aliphatic heterocycles. The number of nitrogens with zero attached hydrogens (tertiary/aromatic N) is 1. The van der Waals surface area contributed by atoms with Crippen LogP contribution in [0.15, 0.2) is 71.9 Å². The van der Waals surface area contributed by atoms with Crippen molar-refractivity contribution in [3.63, 3.8) is 0 Å². The fraction of sp³-hybridized carbons (Fsp3) is 0.0556. The second kappa shape index (κ2) is 9.64. The highest BCUT2D eigenvalue weighted by Crippen LogP contribution is 2.21. The zero-order valence-electron chi connectivity index (χ0n) is 14.0. The van der Waals surface area contributed by atoms with Gasteiger partial charge in [0.2, 0.25) is 0 Å². The van der Waals surface area contributed by atoms with Crippen LogP contribution in [-0.4, -0.2) is 29.8 Å². The van der Waals surface area contributed by atoms with Crippen LogP contribution in [-0.2, 0) is 9.59 Å². The molecule has 2 rings (SSSR count). The van der Waals surface area contributed by atoms with Crippen molar-refractivity contribution in [3.8, 4) is 5.75 Å². The van der Waals surface area contributed by atoms with Gasteiger partial charge < -0.3 is 16.0 Å².